The van der Waals surface area contributed by atoms with Crippen molar-refractivity contribution in [2.45, 2.75) is 19.4 Å². The molecule has 1 atom stereocenters. The Morgan fingerprint density at radius 2 is 2.46 bits per heavy atom. The molecule has 0 aromatic carbocycles. The minimum absolute atomic E-state index is 0.266. The highest BCUT2D eigenvalue weighted by Gasteiger charge is 2.20. The topological polar surface area (TPSA) is 44.4 Å². The molecule has 1 aliphatic heterocycles. The predicted molar refractivity (Wildman–Crippen MR) is 52.6 cm³/mol. The number of rotatable bonds is 3. The molecule has 0 spiro atoms. The minimum Gasteiger partial charge on any atom is -0.340 e. The SMILES string of the molecule is CCC(=O)N1CCNC(CNC)C1. The van der Waals surface area contributed by atoms with Gasteiger partial charge in [-0.05, 0) is 7.05 Å². The molecule has 1 heterocycles. The van der Waals surface area contributed by atoms with Gasteiger partial charge in [0, 0.05) is 38.6 Å². The summed E-state index contributed by atoms with van der Waals surface area (Å²) in [5.74, 6) is 0.266. The molecule has 0 aliphatic carbocycles. The Hall–Kier alpha value is -0.610. The maximum atomic E-state index is 11.4. The highest BCUT2D eigenvalue weighted by atomic mass is 16.2. The monoisotopic (exact) mass is 185 g/mol. The summed E-state index contributed by atoms with van der Waals surface area (Å²) in [5, 5.41) is 6.49. The fourth-order valence-corrected chi connectivity index (χ4v) is 1.66. The van der Waals surface area contributed by atoms with Crippen LogP contribution in [0.25, 0.3) is 0 Å². The quantitative estimate of drug-likeness (QED) is 0.618. The van der Waals surface area contributed by atoms with Crippen LogP contribution in [0, 0.1) is 0 Å². The van der Waals surface area contributed by atoms with Gasteiger partial charge in [-0.1, -0.05) is 6.92 Å². The maximum absolute atomic E-state index is 11.4. The van der Waals surface area contributed by atoms with Gasteiger partial charge in [0.25, 0.3) is 0 Å². The van der Waals surface area contributed by atoms with E-state index < -0.39 is 0 Å². The largest absolute Gasteiger partial charge is 0.340 e. The molecule has 1 unspecified atom stereocenters. The molecule has 0 bridgehead atoms. The number of carbonyl (C=O) groups excluding carboxylic acids is 1. The first-order chi connectivity index (χ1) is 6.27. The molecule has 1 saturated heterocycles. The van der Waals surface area contributed by atoms with Gasteiger partial charge in [-0.25, -0.2) is 0 Å². The number of likely N-dealkylation sites (N-methyl/N-ethyl adjacent to an activating group) is 1. The van der Waals surface area contributed by atoms with Crippen molar-refractivity contribution >= 4 is 5.91 Å². The van der Waals surface area contributed by atoms with Crippen molar-refractivity contribution in [2.24, 2.45) is 0 Å². The number of hydrogen-bond acceptors (Lipinski definition) is 3. The molecule has 1 amide bonds. The Morgan fingerprint density at radius 3 is 3.08 bits per heavy atom. The van der Waals surface area contributed by atoms with E-state index in [0.717, 1.165) is 26.2 Å². The second kappa shape index (κ2) is 5.19. The molecule has 0 radical (unpaired) electrons. The first-order valence-corrected chi connectivity index (χ1v) is 4.93. The van der Waals surface area contributed by atoms with Crippen LogP contribution in [0.4, 0.5) is 0 Å². The van der Waals surface area contributed by atoms with Crippen LogP contribution in [0.5, 0.6) is 0 Å². The van der Waals surface area contributed by atoms with E-state index in [-0.39, 0.29) is 5.91 Å². The van der Waals surface area contributed by atoms with Crippen molar-refractivity contribution in [1.29, 1.82) is 0 Å². The van der Waals surface area contributed by atoms with Crippen LogP contribution >= 0.6 is 0 Å². The van der Waals surface area contributed by atoms with E-state index in [1.807, 2.05) is 18.9 Å². The second-order valence-electron chi connectivity index (χ2n) is 3.40. The molecular weight excluding hydrogens is 166 g/mol. The average molecular weight is 185 g/mol. The van der Waals surface area contributed by atoms with Gasteiger partial charge in [0.05, 0.1) is 0 Å². The van der Waals surface area contributed by atoms with Gasteiger partial charge in [-0.15, -0.1) is 0 Å². The number of nitrogens with one attached hydrogen (secondary N) is 2. The third-order valence-electron chi connectivity index (χ3n) is 2.36. The van der Waals surface area contributed by atoms with E-state index in [0.29, 0.717) is 12.5 Å². The van der Waals surface area contributed by atoms with Crippen molar-refractivity contribution in [1.82, 2.24) is 15.5 Å². The normalized spacial score (nSPS) is 23.2. The zero-order chi connectivity index (χ0) is 9.68. The van der Waals surface area contributed by atoms with E-state index in [9.17, 15) is 4.79 Å². The first kappa shape index (κ1) is 10.5. The van der Waals surface area contributed by atoms with Crippen LogP contribution in [0.1, 0.15) is 13.3 Å². The standard InChI is InChI=1S/C9H19N3O/c1-3-9(13)12-5-4-11-8(7-12)6-10-2/h8,10-11H,3-7H2,1-2H3. The molecule has 1 fully saturated rings. The zero-order valence-electron chi connectivity index (χ0n) is 8.47. The minimum atomic E-state index is 0.266. The number of hydrogen-bond donors (Lipinski definition) is 2. The Kier molecular flexibility index (Phi) is 4.18. The molecule has 4 heteroatoms. The van der Waals surface area contributed by atoms with Crippen LogP contribution in [-0.4, -0.2) is 50.1 Å². The third-order valence-corrected chi connectivity index (χ3v) is 2.36. The maximum Gasteiger partial charge on any atom is 0.222 e. The van der Waals surface area contributed by atoms with Gasteiger partial charge < -0.3 is 15.5 Å². The molecule has 13 heavy (non-hydrogen) atoms. The van der Waals surface area contributed by atoms with Crippen molar-refractivity contribution in [3.63, 3.8) is 0 Å². The summed E-state index contributed by atoms with van der Waals surface area (Å²) in [7, 11) is 1.93. The summed E-state index contributed by atoms with van der Waals surface area (Å²) >= 11 is 0. The molecule has 2 N–H and O–H groups in total. The number of piperazine rings is 1. The predicted octanol–water partition coefficient (Wildman–Crippen LogP) is -0.584. The first-order valence-electron chi connectivity index (χ1n) is 4.93. The number of carbonyl (C=O) groups is 1. The molecule has 0 aromatic rings. The summed E-state index contributed by atoms with van der Waals surface area (Å²) in [4.78, 5) is 13.3. The van der Waals surface area contributed by atoms with Crippen LogP contribution < -0.4 is 10.6 Å². The average Bonchev–Trinajstić information content (AvgIpc) is 2.18. The highest BCUT2D eigenvalue weighted by molar-refractivity contribution is 5.75. The van der Waals surface area contributed by atoms with Gasteiger partial charge in [-0.3, -0.25) is 4.79 Å². The summed E-state index contributed by atoms with van der Waals surface area (Å²) in [6, 6.07) is 0.411. The molecule has 1 rings (SSSR count). The molecule has 0 aromatic heterocycles. The van der Waals surface area contributed by atoms with Crippen molar-refractivity contribution in [2.75, 3.05) is 33.2 Å². The summed E-state index contributed by atoms with van der Waals surface area (Å²) in [5.41, 5.74) is 0. The third kappa shape index (κ3) is 2.97. The Morgan fingerprint density at radius 1 is 1.69 bits per heavy atom. The lowest BCUT2D eigenvalue weighted by Crippen LogP contribution is -2.55. The zero-order valence-corrected chi connectivity index (χ0v) is 8.47. The van der Waals surface area contributed by atoms with Crippen LogP contribution in [0.3, 0.4) is 0 Å². The van der Waals surface area contributed by atoms with E-state index in [1.54, 1.807) is 0 Å². The van der Waals surface area contributed by atoms with Crippen molar-refractivity contribution < 1.29 is 4.79 Å². The van der Waals surface area contributed by atoms with E-state index >= 15 is 0 Å². The summed E-state index contributed by atoms with van der Waals surface area (Å²) in [6.07, 6.45) is 0.617. The fourth-order valence-electron chi connectivity index (χ4n) is 1.66. The van der Waals surface area contributed by atoms with Gasteiger partial charge in [-0.2, -0.15) is 0 Å². The van der Waals surface area contributed by atoms with Gasteiger partial charge >= 0.3 is 0 Å². The Bertz CT molecular complexity index is 170. The number of amides is 1. The Labute approximate surface area is 79.7 Å². The smallest absolute Gasteiger partial charge is 0.222 e. The van der Waals surface area contributed by atoms with E-state index in [2.05, 4.69) is 10.6 Å². The lowest BCUT2D eigenvalue weighted by Gasteiger charge is -2.33. The van der Waals surface area contributed by atoms with Crippen molar-refractivity contribution in [3.05, 3.63) is 0 Å². The van der Waals surface area contributed by atoms with Gasteiger partial charge in [0.15, 0.2) is 0 Å². The lowest BCUT2D eigenvalue weighted by molar-refractivity contribution is -0.132. The van der Waals surface area contributed by atoms with Crippen LogP contribution in [0.15, 0.2) is 0 Å². The molecule has 0 saturated carbocycles. The van der Waals surface area contributed by atoms with E-state index in [4.69, 9.17) is 0 Å². The molecule has 1 aliphatic rings. The molecular formula is C9H19N3O. The fraction of sp³-hybridized carbons (Fsp3) is 0.889. The summed E-state index contributed by atoms with van der Waals surface area (Å²) in [6.45, 7) is 5.45. The summed E-state index contributed by atoms with van der Waals surface area (Å²) < 4.78 is 0. The molecule has 76 valence electrons. The van der Waals surface area contributed by atoms with Crippen LogP contribution in [-0.2, 0) is 4.79 Å². The molecule has 4 nitrogen and oxygen atoms in total. The highest BCUT2D eigenvalue weighted by Crippen LogP contribution is 2.00. The second-order valence-corrected chi connectivity index (χ2v) is 3.40. The van der Waals surface area contributed by atoms with Gasteiger partial charge in [0.2, 0.25) is 5.91 Å². The number of nitrogens with zero attached hydrogens (tertiary/aromatic N) is 1. The van der Waals surface area contributed by atoms with Crippen molar-refractivity contribution in [3.8, 4) is 0 Å². The van der Waals surface area contributed by atoms with Crippen LogP contribution in [0.2, 0.25) is 0 Å². The lowest BCUT2D eigenvalue weighted by atomic mass is 10.2. The van der Waals surface area contributed by atoms with E-state index in [1.165, 1.54) is 0 Å². The van der Waals surface area contributed by atoms with Gasteiger partial charge in [0.1, 0.15) is 0 Å². The Balaban J connectivity index is 2.37.